The summed E-state index contributed by atoms with van der Waals surface area (Å²) in [5.74, 6) is 0.0134. The Labute approximate surface area is 264 Å². The highest BCUT2D eigenvalue weighted by atomic mass is 127. The molecule has 0 bridgehead atoms. The number of amides is 1. The fraction of sp³-hybridized carbons (Fsp3) is 0.419. The highest BCUT2D eigenvalue weighted by Crippen LogP contribution is 2.45. The largest absolute Gasteiger partial charge is 0.497 e. The van der Waals surface area contributed by atoms with Crippen LogP contribution < -0.4 is 10.1 Å². The second-order valence-corrected chi connectivity index (χ2v) is 11.4. The maximum atomic E-state index is 13.6. The number of ether oxygens (including phenoxy) is 5. The van der Waals surface area contributed by atoms with Gasteiger partial charge < -0.3 is 29.0 Å². The Morgan fingerprint density at radius 1 is 1.26 bits per heavy atom. The summed E-state index contributed by atoms with van der Waals surface area (Å²) in [6, 6.07) is 6.94. The molecule has 2 fully saturated rings. The third-order valence-corrected chi connectivity index (χ3v) is 8.13. The Bertz CT molecular complexity index is 1360. The second kappa shape index (κ2) is 14.7. The number of hydrogen-bond acceptors (Lipinski definition) is 9. The number of carbonyl (C=O) groups is 3. The van der Waals surface area contributed by atoms with Gasteiger partial charge in [-0.2, -0.15) is 0 Å². The molecular formula is C31H36IN3O8. The van der Waals surface area contributed by atoms with Gasteiger partial charge >= 0.3 is 18.2 Å². The van der Waals surface area contributed by atoms with Crippen molar-refractivity contribution in [1.29, 1.82) is 0 Å². The topological polar surface area (TPSA) is 127 Å². The van der Waals surface area contributed by atoms with Gasteiger partial charge in [-0.05, 0) is 47.8 Å². The fourth-order valence-corrected chi connectivity index (χ4v) is 5.68. The molecule has 11 nitrogen and oxygen atoms in total. The summed E-state index contributed by atoms with van der Waals surface area (Å²) >= 11 is 2.13. The summed E-state index contributed by atoms with van der Waals surface area (Å²) in [6.07, 6.45) is 9.14. The van der Waals surface area contributed by atoms with Crippen molar-refractivity contribution >= 4 is 40.7 Å². The number of nitrogens with zero attached hydrogens (tertiary/aromatic N) is 2. The number of carbonyl (C=O) groups excluding carboxylic acids is 3. The van der Waals surface area contributed by atoms with E-state index in [-0.39, 0.29) is 18.6 Å². The molecule has 0 aliphatic carbocycles. The predicted molar refractivity (Wildman–Crippen MR) is 166 cm³/mol. The molecule has 2 saturated heterocycles. The average Bonchev–Trinajstić information content (AvgIpc) is 3.54. The minimum Gasteiger partial charge on any atom is -0.497 e. The zero-order valence-electron chi connectivity index (χ0n) is 24.5. The number of hydrogen-bond donors (Lipinski definition) is 1. The van der Waals surface area contributed by atoms with Crippen molar-refractivity contribution in [3.8, 4) is 5.75 Å². The smallest absolute Gasteiger partial charge is 0.419 e. The standard InChI is InChI=1S/C31H36IN3O8/c1-20(6-5-15-40-30(38)35-14-13-33-19-35)16-26-31(3)27(43-29(37)34-26)21(2)25(42-28(31)36)17-24(11-12-32)41-18-22-7-9-23(39-4)10-8-22/h5-14,16,19,21,24-27H,15,17-18H2,1-4H3,(H,34,37)/b6-5+,12-11+,20-16+/t21-,24-,25-,26-,27+,31+/m1/s1. The van der Waals surface area contributed by atoms with Crippen molar-refractivity contribution in [2.75, 3.05) is 13.7 Å². The molecule has 0 spiro atoms. The molecule has 2 aliphatic heterocycles. The number of imidazole rings is 1. The molecule has 1 N–H and O–H groups in total. The SMILES string of the molecule is COc1ccc(CO[C@H](/C=C/I)C[C@H]2OC(=O)[C@@]3(C)[C@@H](/C=C(C)/C=C/COC(=O)n4ccnc4)NC(=O)O[C@H]3[C@@H]2C)cc1. The van der Waals surface area contributed by atoms with E-state index in [1.165, 1.54) is 23.3 Å². The minimum absolute atomic E-state index is 0.0380. The van der Waals surface area contributed by atoms with Crippen LogP contribution in [0.1, 0.15) is 32.8 Å². The van der Waals surface area contributed by atoms with Crippen LogP contribution in [0.15, 0.2) is 76.9 Å². The van der Waals surface area contributed by atoms with Crippen LogP contribution in [0.25, 0.3) is 0 Å². The fourth-order valence-electron chi connectivity index (χ4n) is 5.22. The number of fused-ring (bicyclic) bond motifs is 1. The van der Waals surface area contributed by atoms with Gasteiger partial charge in [0.1, 0.15) is 36.3 Å². The Morgan fingerprint density at radius 3 is 2.70 bits per heavy atom. The highest BCUT2D eigenvalue weighted by Gasteiger charge is 2.61. The van der Waals surface area contributed by atoms with E-state index in [0.29, 0.717) is 13.0 Å². The van der Waals surface area contributed by atoms with Gasteiger partial charge in [0.25, 0.3) is 0 Å². The van der Waals surface area contributed by atoms with Gasteiger partial charge in [-0.1, -0.05) is 59.4 Å². The first kappa shape index (κ1) is 32.3. The molecule has 3 heterocycles. The normalized spacial score (nSPS) is 26.4. The molecule has 12 heteroatoms. The van der Waals surface area contributed by atoms with E-state index in [1.54, 1.807) is 32.3 Å². The van der Waals surface area contributed by atoms with Crippen LogP contribution >= 0.6 is 22.6 Å². The number of alkyl carbamates (subject to hydrolysis) is 1. The average molecular weight is 706 g/mol. The zero-order valence-corrected chi connectivity index (χ0v) is 26.6. The minimum atomic E-state index is -1.16. The van der Waals surface area contributed by atoms with E-state index in [0.717, 1.165) is 16.9 Å². The molecular weight excluding hydrogens is 669 g/mol. The van der Waals surface area contributed by atoms with E-state index >= 15 is 0 Å². The van der Waals surface area contributed by atoms with Gasteiger partial charge in [-0.25, -0.2) is 19.1 Å². The number of nitrogens with one attached hydrogen (secondary N) is 1. The first-order valence-electron chi connectivity index (χ1n) is 13.8. The molecule has 1 aromatic carbocycles. The van der Waals surface area contributed by atoms with E-state index in [4.69, 9.17) is 23.7 Å². The van der Waals surface area contributed by atoms with Gasteiger partial charge in [0.2, 0.25) is 0 Å². The molecule has 6 atom stereocenters. The summed E-state index contributed by atoms with van der Waals surface area (Å²) < 4.78 is 31.4. The van der Waals surface area contributed by atoms with Crippen LogP contribution in [0.5, 0.6) is 5.75 Å². The van der Waals surface area contributed by atoms with Crippen molar-refractivity contribution < 1.29 is 38.1 Å². The number of aromatic nitrogens is 2. The van der Waals surface area contributed by atoms with Crippen molar-refractivity contribution in [1.82, 2.24) is 14.9 Å². The van der Waals surface area contributed by atoms with Crippen molar-refractivity contribution in [2.45, 2.75) is 58.2 Å². The molecule has 4 rings (SSSR count). The lowest BCUT2D eigenvalue weighted by molar-refractivity contribution is -0.204. The quantitative estimate of drug-likeness (QED) is 0.143. The molecule has 2 aromatic rings. The van der Waals surface area contributed by atoms with Crippen molar-refractivity contribution in [3.05, 3.63) is 82.5 Å². The first-order valence-corrected chi connectivity index (χ1v) is 15.1. The molecule has 1 amide bonds. The summed E-state index contributed by atoms with van der Waals surface area (Å²) in [7, 11) is 1.62. The Hall–Kier alpha value is -3.65. The summed E-state index contributed by atoms with van der Waals surface area (Å²) in [4.78, 5) is 42.0. The maximum Gasteiger partial charge on any atom is 0.419 e. The summed E-state index contributed by atoms with van der Waals surface area (Å²) in [5.41, 5.74) is 0.579. The molecule has 0 radical (unpaired) electrons. The number of halogens is 1. The molecule has 1 aromatic heterocycles. The lowest BCUT2D eigenvalue weighted by Gasteiger charge is -2.51. The second-order valence-electron chi connectivity index (χ2n) is 10.6. The Kier molecular flexibility index (Phi) is 11.0. The van der Waals surface area contributed by atoms with E-state index in [9.17, 15) is 14.4 Å². The predicted octanol–water partition coefficient (Wildman–Crippen LogP) is 5.35. The first-order chi connectivity index (χ1) is 20.6. The Morgan fingerprint density at radius 2 is 2.02 bits per heavy atom. The summed E-state index contributed by atoms with van der Waals surface area (Å²) in [5, 5.41) is 2.77. The number of allylic oxidation sites excluding steroid dienone is 2. The number of methoxy groups -OCH3 is 1. The van der Waals surface area contributed by atoms with Crippen LogP contribution in [0.3, 0.4) is 0 Å². The lowest BCUT2D eigenvalue weighted by Crippen LogP contribution is -2.68. The maximum absolute atomic E-state index is 13.6. The monoisotopic (exact) mass is 705 g/mol. The molecule has 230 valence electrons. The summed E-state index contributed by atoms with van der Waals surface area (Å²) in [6.45, 7) is 5.91. The van der Waals surface area contributed by atoms with Gasteiger partial charge in [0.05, 0.1) is 25.9 Å². The zero-order chi connectivity index (χ0) is 31.0. The number of cyclic esters (lactones) is 1. The highest BCUT2D eigenvalue weighted by molar-refractivity contribution is 14.1. The third kappa shape index (κ3) is 7.85. The van der Waals surface area contributed by atoms with Crippen LogP contribution in [0.2, 0.25) is 0 Å². The van der Waals surface area contributed by atoms with Gasteiger partial charge in [0.15, 0.2) is 0 Å². The molecule has 0 saturated carbocycles. The lowest BCUT2D eigenvalue weighted by atomic mass is 9.67. The number of esters is 1. The van der Waals surface area contributed by atoms with E-state index in [2.05, 4.69) is 32.9 Å². The van der Waals surface area contributed by atoms with Crippen LogP contribution in [-0.2, 0) is 30.3 Å². The number of benzene rings is 1. The molecule has 0 unspecified atom stereocenters. The van der Waals surface area contributed by atoms with Gasteiger partial charge in [-0.15, -0.1) is 0 Å². The van der Waals surface area contributed by atoms with E-state index in [1.807, 2.05) is 48.3 Å². The third-order valence-electron chi connectivity index (χ3n) is 7.71. The van der Waals surface area contributed by atoms with Gasteiger partial charge in [-0.3, -0.25) is 4.79 Å². The van der Waals surface area contributed by atoms with Crippen LogP contribution in [0, 0.1) is 11.3 Å². The van der Waals surface area contributed by atoms with Crippen molar-refractivity contribution in [3.63, 3.8) is 0 Å². The van der Waals surface area contributed by atoms with Crippen LogP contribution in [-0.4, -0.2) is 65.8 Å². The van der Waals surface area contributed by atoms with Crippen LogP contribution in [0.4, 0.5) is 9.59 Å². The van der Waals surface area contributed by atoms with E-state index < -0.39 is 41.8 Å². The molecule has 43 heavy (non-hydrogen) atoms. The Balaban J connectivity index is 1.41. The number of rotatable bonds is 11. The molecule has 2 aliphatic rings. The van der Waals surface area contributed by atoms with Gasteiger partial charge in [0, 0.05) is 24.7 Å². The van der Waals surface area contributed by atoms with Crippen molar-refractivity contribution in [2.24, 2.45) is 11.3 Å².